The first-order valence-electron chi connectivity index (χ1n) is 6.32. The van der Waals surface area contributed by atoms with Crippen molar-refractivity contribution in [2.75, 3.05) is 13.2 Å². The Kier molecular flexibility index (Phi) is 6.22. The fourth-order valence-electron chi connectivity index (χ4n) is 1.41. The molecule has 0 spiro atoms. The second-order valence-electron chi connectivity index (χ2n) is 4.58. The first kappa shape index (κ1) is 14.5. The number of ether oxygens (including phenoxy) is 1. The summed E-state index contributed by atoms with van der Waals surface area (Å²) in [5, 5.41) is 2.81. The molecule has 0 saturated heterocycles. The highest BCUT2D eigenvalue weighted by atomic mass is 16.5. The molecular formula is C14H22N2O2. The number of amides is 1. The van der Waals surface area contributed by atoms with Crippen LogP contribution in [0.15, 0.2) is 30.3 Å². The molecule has 0 saturated carbocycles. The van der Waals surface area contributed by atoms with E-state index in [1.807, 2.05) is 44.2 Å². The summed E-state index contributed by atoms with van der Waals surface area (Å²) in [6.07, 6.45) is 0.769. The lowest BCUT2D eigenvalue weighted by atomic mass is 10.1. The normalized spacial score (nSPS) is 12.2. The fourth-order valence-corrected chi connectivity index (χ4v) is 1.41. The van der Waals surface area contributed by atoms with Gasteiger partial charge >= 0.3 is 0 Å². The monoisotopic (exact) mass is 250 g/mol. The summed E-state index contributed by atoms with van der Waals surface area (Å²) >= 11 is 0. The predicted octanol–water partition coefficient (Wildman–Crippen LogP) is 1.55. The molecule has 3 N–H and O–H groups in total. The molecule has 0 radical (unpaired) electrons. The Morgan fingerprint density at radius 2 is 2.00 bits per heavy atom. The van der Waals surface area contributed by atoms with Crippen LogP contribution in [0.5, 0.6) is 5.75 Å². The third-order valence-electron chi connectivity index (χ3n) is 2.65. The summed E-state index contributed by atoms with van der Waals surface area (Å²) in [6.45, 7) is 5.04. The Labute approximate surface area is 109 Å². The Morgan fingerprint density at radius 1 is 1.33 bits per heavy atom. The molecule has 0 aliphatic heterocycles. The van der Waals surface area contributed by atoms with E-state index in [-0.39, 0.29) is 11.8 Å². The van der Waals surface area contributed by atoms with Gasteiger partial charge in [-0.3, -0.25) is 4.79 Å². The van der Waals surface area contributed by atoms with Gasteiger partial charge in [0.15, 0.2) is 0 Å². The van der Waals surface area contributed by atoms with Crippen LogP contribution in [0.4, 0.5) is 0 Å². The smallest absolute Gasteiger partial charge is 0.237 e. The molecule has 0 aromatic heterocycles. The van der Waals surface area contributed by atoms with Crippen LogP contribution in [0, 0.1) is 5.92 Å². The van der Waals surface area contributed by atoms with Gasteiger partial charge in [0.05, 0.1) is 12.6 Å². The number of nitrogens with one attached hydrogen (secondary N) is 1. The summed E-state index contributed by atoms with van der Waals surface area (Å²) in [7, 11) is 0. The lowest BCUT2D eigenvalue weighted by Crippen LogP contribution is -2.44. The zero-order valence-electron chi connectivity index (χ0n) is 11.1. The molecule has 1 atom stereocenters. The molecule has 1 aromatic rings. The molecule has 0 aliphatic carbocycles. The van der Waals surface area contributed by atoms with Crippen molar-refractivity contribution in [1.82, 2.24) is 5.32 Å². The molecule has 1 aromatic carbocycles. The van der Waals surface area contributed by atoms with Crippen molar-refractivity contribution in [2.45, 2.75) is 26.3 Å². The summed E-state index contributed by atoms with van der Waals surface area (Å²) < 4.78 is 5.51. The van der Waals surface area contributed by atoms with Gasteiger partial charge in [0, 0.05) is 6.54 Å². The van der Waals surface area contributed by atoms with Crippen molar-refractivity contribution in [1.29, 1.82) is 0 Å². The van der Waals surface area contributed by atoms with Gasteiger partial charge < -0.3 is 15.8 Å². The Bertz CT molecular complexity index is 352. The van der Waals surface area contributed by atoms with Crippen LogP contribution in [-0.4, -0.2) is 25.1 Å². The SMILES string of the molecule is CC(C)[C@H](N)C(=O)NCCCOc1ccccc1. The summed E-state index contributed by atoms with van der Waals surface area (Å²) in [5.41, 5.74) is 5.72. The quantitative estimate of drug-likeness (QED) is 0.722. The van der Waals surface area contributed by atoms with E-state index in [2.05, 4.69) is 5.32 Å². The minimum atomic E-state index is -0.431. The van der Waals surface area contributed by atoms with Gasteiger partial charge in [0.25, 0.3) is 0 Å². The van der Waals surface area contributed by atoms with Gasteiger partial charge in [-0.05, 0) is 24.5 Å². The average Bonchev–Trinajstić information content (AvgIpc) is 2.38. The minimum absolute atomic E-state index is 0.0929. The maximum absolute atomic E-state index is 11.5. The van der Waals surface area contributed by atoms with Crippen molar-refractivity contribution in [3.63, 3.8) is 0 Å². The van der Waals surface area contributed by atoms with Crippen LogP contribution in [-0.2, 0) is 4.79 Å². The van der Waals surface area contributed by atoms with E-state index in [1.54, 1.807) is 0 Å². The molecule has 0 bridgehead atoms. The second kappa shape index (κ2) is 7.71. The number of benzene rings is 1. The van der Waals surface area contributed by atoms with E-state index in [4.69, 9.17) is 10.5 Å². The largest absolute Gasteiger partial charge is 0.494 e. The molecule has 18 heavy (non-hydrogen) atoms. The molecular weight excluding hydrogens is 228 g/mol. The highest BCUT2D eigenvalue weighted by molar-refractivity contribution is 5.81. The van der Waals surface area contributed by atoms with Crippen LogP contribution in [0.2, 0.25) is 0 Å². The minimum Gasteiger partial charge on any atom is -0.494 e. The third-order valence-corrected chi connectivity index (χ3v) is 2.65. The Morgan fingerprint density at radius 3 is 2.61 bits per heavy atom. The molecule has 0 fully saturated rings. The molecule has 4 nitrogen and oxygen atoms in total. The molecule has 100 valence electrons. The standard InChI is InChI=1S/C14H22N2O2/c1-11(2)13(15)14(17)16-9-6-10-18-12-7-4-3-5-8-12/h3-5,7-8,11,13H,6,9-10,15H2,1-2H3,(H,16,17)/t13-/m0/s1. The van der Waals surface area contributed by atoms with Crippen molar-refractivity contribution in [3.05, 3.63) is 30.3 Å². The molecule has 0 heterocycles. The van der Waals surface area contributed by atoms with Gasteiger partial charge in [-0.2, -0.15) is 0 Å². The van der Waals surface area contributed by atoms with E-state index in [9.17, 15) is 4.79 Å². The first-order chi connectivity index (χ1) is 8.61. The molecule has 4 heteroatoms. The topological polar surface area (TPSA) is 64.4 Å². The number of hydrogen-bond acceptors (Lipinski definition) is 3. The van der Waals surface area contributed by atoms with Crippen molar-refractivity contribution in [2.24, 2.45) is 11.7 Å². The highest BCUT2D eigenvalue weighted by Crippen LogP contribution is 2.08. The number of nitrogens with two attached hydrogens (primary N) is 1. The lowest BCUT2D eigenvalue weighted by molar-refractivity contribution is -0.123. The van der Waals surface area contributed by atoms with Crippen LogP contribution in [0.3, 0.4) is 0 Å². The highest BCUT2D eigenvalue weighted by Gasteiger charge is 2.15. The zero-order chi connectivity index (χ0) is 13.4. The number of carbonyl (C=O) groups is 1. The van der Waals surface area contributed by atoms with E-state index >= 15 is 0 Å². The number of hydrogen-bond donors (Lipinski definition) is 2. The Balaban J connectivity index is 2.11. The number of rotatable bonds is 7. The van der Waals surface area contributed by atoms with Crippen LogP contribution in [0.1, 0.15) is 20.3 Å². The van der Waals surface area contributed by atoms with Gasteiger partial charge in [-0.15, -0.1) is 0 Å². The lowest BCUT2D eigenvalue weighted by Gasteiger charge is -2.15. The maximum Gasteiger partial charge on any atom is 0.237 e. The van der Waals surface area contributed by atoms with E-state index < -0.39 is 6.04 Å². The Hall–Kier alpha value is -1.55. The van der Waals surface area contributed by atoms with Crippen LogP contribution in [0.25, 0.3) is 0 Å². The number of carbonyl (C=O) groups excluding carboxylic acids is 1. The van der Waals surface area contributed by atoms with Gasteiger partial charge in [-0.25, -0.2) is 0 Å². The van der Waals surface area contributed by atoms with Crippen molar-refractivity contribution < 1.29 is 9.53 Å². The summed E-state index contributed by atoms with van der Waals surface area (Å²) in [5.74, 6) is 0.915. The summed E-state index contributed by atoms with van der Waals surface area (Å²) in [4.78, 5) is 11.5. The predicted molar refractivity (Wildman–Crippen MR) is 72.4 cm³/mol. The third kappa shape index (κ3) is 5.19. The summed E-state index contributed by atoms with van der Waals surface area (Å²) in [6, 6.07) is 9.19. The zero-order valence-corrected chi connectivity index (χ0v) is 11.1. The van der Waals surface area contributed by atoms with Crippen molar-refractivity contribution in [3.8, 4) is 5.75 Å². The molecule has 0 aliphatic rings. The second-order valence-corrected chi connectivity index (χ2v) is 4.58. The number of para-hydroxylation sites is 1. The molecule has 0 unspecified atom stereocenters. The van der Waals surface area contributed by atoms with Gasteiger partial charge in [0.1, 0.15) is 5.75 Å². The van der Waals surface area contributed by atoms with Crippen molar-refractivity contribution >= 4 is 5.91 Å². The van der Waals surface area contributed by atoms with Crippen LogP contribution < -0.4 is 15.8 Å². The first-order valence-corrected chi connectivity index (χ1v) is 6.32. The molecule has 1 amide bonds. The fraction of sp³-hybridized carbons (Fsp3) is 0.500. The van der Waals surface area contributed by atoms with Gasteiger partial charge in [0.2, 0.25) is 5.91 Å². The van der Waals surface area contributed by atoms with Crippen LogP contribution >= 0.6 is 0 Å². The van der Waals surface area contributed by atoms with E-state index in [0.29, 0.717) is 13.2 Å². The van der Waals surface area contributed by atoms with E-state index in [1.165, 1.54) is 0 Å². The maximum atomic E-state index is 11.5. The average molecular weight is 250 g/mol. The van der Waals surface area contributed by atoms with E-state index in [0.717, 1.165) is 12.2 Å². The molecule has 1 rings (SSSR count). The van der Waals surface area contributed by atoms with Gasteiger partial charge in [-0.1, -0.05) is 32.0 Å².